The molecule has 0 spiro atoms. The van der Waals surface area contributed by atoms with Gasteiger partial charge in [-0.1, -0.05) is 0 Å². The van der Waals surface area contributed by atoms with E-state index >= 15 is 0 Å². The maximum absolute atomic E-state index is 6.28. The highest BCUT2D eigenvalue weighted by atomic mass is 127. The molecule has 4 heterocycles. The van der Waals surface area contributed by atoms with Crippen LogP contribution < -0.4 is 15.5 Å². The number of rotatable bonds is 4. The van der Waals surface area contributed by atoms with Gasteiger partial charge in [0.2, 0.25) is 5.95 Å². The molecule has 2 saturated heterocycles. The summed E-state index contributed by atoms with van der Waals surface area (Å²) < 4.78 is 0. The first kappa shape index (κ1) is 21.0. The van der Waals surface area contributed by atoms with E-state index in [2.05, 4.69) is 29.7 Å². The summed E-state index contributed by atoms with van der Waals surface area (Å²) in [6.07, 6.45) is 7.78. The summed E-state index contributed by atoms with van der Waals surface area (Å²) in [5.41, 5.74) is 6.28. The highest BCUT2D eigenvalue weighted by Gasteiger charge is 2.23. The van der Waals surface area contributed by atoms with Crippen LogP contribution in [-0.4, -0.2) is 71.6 Å². The van der Waals surface area contributed by atoms with Crippen molar-refractivity contribution in [1.29, 1.82) is 0 Å². The Balaban J connectivity index is 0.00000225. The minimum atomic E-state index is 0. The Bertz CT molecular complexity index is 733. The molecule has 1 unspecified atom stereocenters. The molecule has 0 aromatic carbocycles. The molecule has 0 radical (unpaired) electrons. The van der Waals surface area contributed by atoms with Crippen LogP contribution in [0.5, 0.6) is 0 Å². The number of nitrogens with two attached hydrogens (primary N) is 1. The molecule has 2 aromatic heterocycles. The number of hydrogen-bond donors (Lipinski definition) is 1. The van der Waals surface area contributed by atoms with Crippen molar-refractivity contribution in [2.24, 2.45) is 16.6 Å². The Morgan fingerprint density at radius 3 is 2.57 bits per heavy atom. The van der Waals surface area contributed by atoms with Crippen molar-refractivity contribution in [2.45, 2.75) is 12.8 Å². The number of guanidine groups is 1. The first-order valence-electron chi connectivity index (χ1n) is 9.51. The van der Waals surface area contributed by atoms with Gasteiger partial charge in [0, 0.05) is 69.8 Å². The number of nitrogens with zero attached hydrogens (tertiary/aromatic N) is 7. The number of hydrogen-bond acceptors (Lipinski definition) is 7. The summed E-state index contributed by atoms with van der Waals surface area (Å²) in [5, 5.41) is 3.11. The van der Waals surface area contributed by atoms with Crippen molar-refractivity contribution in [3.05, 3.63) is 30.0 Å². The van der Waals surface area contributed by atoms with Crippen LogP contribution in [0.2, 0.25) is 0 Å². The first-order valence-corrected chi connectivity index (χ1v) is 10.4. The van der Waals surface area contributed by atoms with Crippen LogP contribution in [0.3, 0.4) is 0 Å². The number of anilines is 2. The Morgan fingerprint density at radius 2 is 1.86 bits per heavy atom. The lowest BCUT2D eigenvalue weighted by molar-refractivity contribution is 0.375. The molecule has 0 aliphatic carbocycles. The summed E-state index contributed by atoms with van der Waals surface area (Å²) in [6.45, 7) is 6.38. The molecule has 1 atom stereocenters. The van der Waals surface area contributed by atoms with E-state index < -0.39 is 0 Å². The molecule has 2 fully saturated rings. The fraction of sp³-hybridized carbons (Fsp3) is 0.556. The SMILES string of the molecule is I.NC(=NCC1CCCN(c2ncccn2)C1)N1CCN(c2nccs2)CC1. The molecule has 2 N–H and O–H groups in total. The van der Waals surface area contributed by atoms with E-state index in [0.29, 0.717) is 11.9 Å². The Hall–Kier alpha value is -1.69. The number of aromatic nitrogens is 3. The van der Waals surface area contributed by atoms with Crippen LogP contribution >= 0.6 is 35.3 Å². The van der Waals surface area contributed by atoms with E-state index in [-0.39, 0.29) is 24.0 Å². The van der Waals surface area contributed by atoms with Gasteiger partial charge in [0.05, 0.1) is 0 Å². The second kappa shape index (κ2) is 10.2. The normalized spacial score (nSPS) is 20.8. The van der Waals surface area contributed by atoms with E-state index in [4.69, 9.17) is 10.7 Å². The third kappa shape index (κ3) is 5.22. The molecule has 10 heteroatoms. The van der Waals surface area contributed by atoms with Crippen LogP contribution in [-0.2, 0) is 0 Å². The van der Waals surface area contributed by atoms with Crippen molar-refractivity contribution < 1.29 is 0 Å². The lowest BCUT2D eigenvalue weighted by atomic mass is 9.98. The smallest absolute Gasteiger partial charge is 0.225 e. The molecule has 2 aromatic rings. The zero-order valence-corrected chi connectivity index (χ0v) is 19.0. The predicted octanol–water partition coefficient (Wildman–Crippen LogP) is 1.90. The topological polar surface area (TPSA) is 86.8 Å². The van der Waals surface area contributed by atoms with Crippen molar-refractivity contribution in [2.75, 3.05) is 55.6 Å². The van der Waals surface area contributed by atoms with Gasteiger partial charge in [0.1, 0.15) is 0 Å². The van der Waals surface area contributed by atoms with Crippen molar-refractivity contribution in [3.8, 4) is 0 Å². The largest absolute Gasteiger partial charge is 0.370 e. The molecule has 8 nitrogen and oxygen atoms in total. The summed E-state index contributed by atoms with van der Waals surface area (Å²) in [4.78, 5) is 24.6. The summed E-state index contributed by atoms with van der Waals surface area (Å²) >= 11 is 1.69. The maximum atomic E-state index is 6.28. The average Bonchev–Trinajstić information content (AvgIpc) is 3.28. The second-order valence-corrected chi connectivity index (χ2v) is 7.86. The van der Waals surface area contributed by atoms with Crippen LogP contribution in [0.25, 0.3) is 0 Å². The Kier molecular flexibility index (Phi) is 7.65. The number of aliphatic imine (C=N–C) groups is 1. The third-order valence-corrected chi connectivity index (χ3v) is 5.99. The summed E-state index contributed by atoms with van der Waals surface area (Å²) in [5.74, 6) is 1.98. The standard InChI is InChI=1S/C18H26N8S.HI/c19-16(24-8-10-25(11-9-24)18-22-6-12-27-18)23-13-15-3-1-7-26(14-15)17-20-4-2-5-21-17;/h2,4-6,12,15H,1,3,7-11,13-14H2,(H2,19,23);1H. The molecule has 4 rings (SSSR count). The molecule has 0 amide bonds. The van der Waals surface area contributed by atoms with Gasteiger partial charge in [-0.15, -0.1) is 35.3 Å². The zero-order chi connectivity index (χ0) is 18.5. The number of thiazole rings is 1. The minimum absolute atomic E-state index is 0. The molecule has 0 saturated carbocycles. The van der Waals surface area contributed by atoms with Crippen molar-refractivity contribution in [3.63, 3.8) is 0 Å². The van der Waals surface area contributed by atoms with E-state index in [1.165, 1.54) is 6.42 Å². The van der Waals surface area contributed by atoms with Crippen LogP contribution in [0.15, 0.2) is 35.0 Å². The first-order chi connectivity index (χ1) is 13.3. The number of piperazine rings is 1. The molecule has 2 aliphatic heterocycles. The quantitative estimate of drug-likeness (QED) is 0.379. The Labute approximate surface area is 186 Å². The van der Waals surface area contributed by atoms with E-state index in [1.807, 2.05) is 17.6 Å². The van der Waals surface area contributed by atoms with E-state index in [0.717, 1.165) is 63.3 Å². The Morgan fingerprint density at radius 1 is 1.07 bits per heavy atom. The van der Waals surface area contributed by atoms with Gasteiger partial charge < -0.3 is 20.4 Å². The van der Waals surface area contributed by atoms with Crippen molar-refractivity contribution in [1.82, 2.24) is 19.9 Å². The molecule has 0 bridgehead atoms. The molecule has 28 heavy (non-hydrogen) atoms. The average molecular weight is 514 g/mol. The molecule has 2 aliphatic rings. The van der Waals surface area contributed by atoms with Crippen LogP contribution in [0.1, 0.15) is 12.8 Å². The van der Waals surface area contributed by atoms with Gasteiger partial charge in [-0.05, 0) is 24.8 Å². The predicted molar refractivity (Wildman–Crippen MR) is 125 cm³/mol. The minimum Gasteiger partial charge on any atom is -0.370 e. The van der Waals surface area contributed by atoms with Crippen molar-refractivity contribution >= 4 is 52.4 Å². The molecular formula is C18H27IN8S. The van der Waals surface area contributed by atoms with Gasteiger partial charge in [0.25, 0.3) is 0 Å². The van der Waals surface area contributed by atoms with Gasteiger partial charge >= 0.3 is 0 Å². The fourth-order valence-electron chi connectivity index (χ4n) is 3.67. The lowest BCUT2D eigenvalue weighted by Crippen LogP contribution is -2.51. The summed E-state index contributed by atoms with van der Waals surface area (Å²) in [6, 6.07) is 1.85. The van der Waals surface area contributed by atoms with Gasteiger partial charge in [-0.25, -0.2) is 15.0 Å². The van der Waals surface area contributed by atoms with Gasteiger partial charge in [-0.2, -0.15) is 0 Å². The highest BCUT2D eigenvalue weighted by molar-refractivity contribution is 14.0. The molecular weight excluding hydrogens is 487 g/mol. The molecule has 152 valence electrons. The third-order valence-electron chi connectivity index (χ3n) is 5.16. The van der Waals surface area contributed by atoms with E-state index in [9.17, 15) is 0 Å². The second-order valence-electron chi connectivity index (χ2n) is 6.99. The fourth-order valence-corrected chi connectivity index (χ4v) is 4.37. The zero-order valence-electron chi connectivity index (χ0n) is 15.9. The monoisotopic (exact) mass is 514 g/mol. The van der Waals surface area contributed by atoms with Crippen LogP contribution in [0.4, 0.5) is 11.1 Å². The number of piperidine rings is 1. The van der Waals surface area contributed by atoms with Gasteiger partial charge in [-0.3, -0.25) is 4.99 Å². The lowest BCUT2D eigenvalue weighted by Gasteiger charge is -2.35. The van der Waals surface area contributed by atoms with Crippen LogP contribution in [0, 0.1) is 5.92 Å². The highest BCUT2D eigenvalue weighted by Crippen LogP contribution is 2.21. The maximum Gasteiger partial charge on any atom is 0.225 e. The summed E-state index contributed by atoms with van der Waals surface area (Å²) in [7, 11) is 0. The van der Waals surface area contributed by atoms with Gasteiger partial charge in [0.15, 0.2) is 11.1 Å². The van der Waals surface area contributed by atoms with E-state index in [1.54, 1.807) is 23.7 Å². The number of halogens is 1.